The Bertz CT molecular complexity index is 519. The third-order valence-corrected chi connectivity index (χ3v) is 5.89. The highest BCUT2D eigenvalue weighted by atomic mass is 16.5. The van der Waals surface area contributed by atoms with Crippen molar-refractivity contribution in [2.75, 3.05) is 7.11 Å². The van der Waals surface area contributed by atoms with E-state index in [1.165, 1.54) is 51.4 Å². The van der Waals surface area contributed by atoms with Crippen LogP contribution in [0, 0.1) is 11.8 Å². The first kappa shape index (κ1) is 15.6. The standard InChI is InChI=1S/C18H30N4O/c1-23-12-16-20-17-10-9-15(11-22(17)21-16)19-18(14-7-8-14)13-5-3-2-4-6-13/h13-15,18-19H,2-12H2,1H3/t15-,18+/m1/s1. The lowest BCUT2D eigenvalue weighted by atomic mass is 9.81. The van der Waals surface area contributed by atoms with Crippen molar-refractivity contribution < 1.29 is 4.74 Å². The van der Waals surface area contributed by atoms with E-state index in [0.717, 1.165) is 42.5 Å². The van der Waals surface area contributed by atoms with Gasteiger partial charge in [0.2, 0.25) is 0 Å². The molecule has 2 aliphatic carbocycles. The van der Waals surface area contributed by atoms with E-state index < -0.39 is 0 Å². The number of hydrogen-bond acceptors (Lipinski definition) is 4. The average Bonchev–Trinajstić information content (AvgIpc) is 3.34. The van der Waals surface area contributed by atoms with Gasteiger partial charge in [0, 0.05) is 25.6 Å². The summed E-state index contributed by atoms with van der Waals surface area (Å²) in [5.41, 5.74) is 0. The van der Waals surface area contributed by atoms with Crippen molar-refractivity contribution in [1.29, 1.82) is 0 Å². The summed E-state index contributed by atoms with van der Waals surface area (Å²) in [6.45, 7) is 1.49. The zero-order valence-corrected chi connectivity index (χ0v) is 14.3. The number of nitrogens with zero attached hydrogens (tertiary/aromatic N) is 3. The van der Waals surface area contributed by atoms with Gasteiger partial charge in [0.15, 0.2) is 5.82 Å². The van der Waals surface area contributed by atoms with Crippen molar-refractivity contribution in [1.82, 2.24) is 20.1 Å². The summed E-state index contributed by atoms with van der Waals surface area (Å²) in [5.74, 6) is 3.82. The first-order chi connectivity index (χ1) is 11.3. The lowest BCUT2D eigenvalue weighted by Gasteiger charge is -2.35. The second-order valence-electron chi connectivity index (χ2n) is 7.72. The molecule has 3 aliphatic rings. The van der Waals surface area contributed by atoms with Crippen LogP contribution in [0.3, 0.4) is 0 Å². The predicted molar refractivity (Wildman–Crippen MR) is 89.1 cm³/mol. The van der Waals surface area contributed by atoms with Crippen LogP contribution in [0.5, 0.6) is 0 Å². The van der Waals surface area contributed by atoms with Gasteiger partial charge in [-0.05, 0) is 43.9 Å². The van der Waals surface area contributed by atoms with Crippen LogP contribution < -0.4 is 5.32 Å². The number of methoxy groups -OCH3 is 1. The van der Waals surface area contributed by atoms with Crippen LogP contribution in [0.1, 0.15) is 63.0 Å². The van der Waals surface area contributed by atoms with Crippen molar-refractivity contribution in [3.05, 3.63) is 11.6 Å². The maximum atomic E-state index is 5.16. The summed E-state index contributed by atoms with van der Waals surface area (Å²) in [7, 11) is 1.70. The molecule has 4 rings (SSSR count). The average molecular weight is 318 g/mol. The molecule has 0 saturated heterocycles. The Morgan fingerprint density at radius 1 is 1.13 bits per heavy atom. The van der Waals surface area contributed by atoms with E-state index in [4.69, 9.17) is 4.74 Å². The van der Waals surface area contributed by atoms with Crippen LogP contribution >= 0.6 is 0 Å². The van der Waals surface area contributed by atoms with Crippen molar-refractivity contribution in [2.24, 2.45) is 11.8 Å². The lowest BCUT2D eigenvalue weighted by molar-refractivity contribution is 0.177. The predicted octanol–water partition coefficient (Wildman–Crippen LogP) is 2.69. The second kappa shape index (κ2) is 6.89. The van der Waals surface area contributed by atoms with Crippen LogP contribution in [-0.4, -0.2) is 34.0 Å². The summed E-state index contributed by atoms with van der Waals surface area (Å²) in [6, 6.07) is 1.32. The molecule has 0 amide bonds. The minimum atomic E-state index is 0.519. The molecule has 2 heterocycles. The van der Waals surface area contributed by atoms with Gasteiger partial charge in [0.05, 0.1) is 6.54 Å². The molecule has 1 N–H and O–H groups in total. The molecule has 1 aromatic rings. The Labute approximate surface area is 139 Å². The van der Waals surface area contributed by atoms with Gasteiger partial charge >= 0.3 is 0 Å². The highest BCUT2D eigenvalue weighted by molar-refractivity contribution is 5.00. The van der Waals surface area contributed by atoms with E-state index in [1.54, 1.807) is 7.11 Å². The topological polar surface area (TPSA) is 52.0 Å². The minimum Gasteiger partial charge on any atom is -0.377 e. The Hall–Kier alpha value is -0.940. The van der Waals surface area contributed by atoms with Crippen LogP contribution in [0.4, 0.5) is 0 Å². The second-order valence-corrected chi connectivity index (χ2v) is 7.72. The quantitative estimate of drug-likeness (QED) is 0.876. The molecule has 5 nitrogen and oxygen atoms in total. The maximum absolute atomic E-state index is 5.16. The normalized spacial score (nSPS) is 26.9. The zero-order valence-electron chi connectivity index (χ0n) is 14.3. The van der Waals surface area contributed by atoms with Crippen molar-refractivity contribution in [3.8, 4) is 0 Å². The van der Waals surface area contributed by atoms with Crippen LogP contribution in [0.25, 0.3) is 0 Å². The Morgan fingerprint density at radius 3 is 2.65 bits per heavy atom. The maximum Gasteiger partial charge on any atom is 0.176 e. The third-order valence-electron chi connectivity index (χ3n) is 5.89. The Balaban J connectivity index is 1.39. The van der Waals surface area contributed by atoms with Gasteiger partial charge in [-0.2, -0.15) is 5.10 Å². The number of aryl methyl sites for hydroxylation is 1. The molecule has 1 aromatic heterocycles. The van der Waals surface area contributed by atoms with Crippen molar-refractivity contribution in [2.45, 2.75) is 83.0 Å². The molecule has 0 bridgehead atoms. The first-order valence-corrected chi connectivity index (χ1v) is 9.51. The lowest BCUT2D eigenvalue weighted by Crippen LogP contribution is -2.48. The molecule has 0 unspecified atom stereocenters. The third kappa shape index (κ3) is 3.61. The number of aromatic nitrogens is 3. The van der Waals surface area contributed by atoms with Crippen LogP contribution in [-0.2, 0) is 24.3 Å². The van der Waals surface area contributed by atoms with E-state index in [-0.39, 0.29) is 0 Å². The Kier molecular flexibility index (Phi) is 4.67. The Morgan fingerprint density at radius 2 is 1.91 bits per heavy atom. The fourth-order valence-electron chi connectivity index (χ4n) is 4.56. The first-order valence-electron chi connectivity index (χ1n) is 9.51. The molecular formula is C18H30N4O. The van der Waals surface area contributed by atoms with Gasteiger partial charge in [-0.15, -0.1) is 0 Å². The molecule has 0 radical (unpaired) electrons. The van der Waals surface area contributed by atoms with Gasteiger partial charge in [-0.25, -0.2) is 9.67 Å². The van der Waals surface area contributed by atoms with E-state index in [1.807, 2.05) is 0 Å². The monoisotopic (exact) mass is 318 g/mol. The molecule has 0 aromatic carbocycles. The highest BCUT2D eigenvalue weighted by Crippen LogP contribution is 2.40. The molecule has 2 atom stereocenters. The van der Waals surface area contributed by atoms with E-state index in [0.29, 0.717) is 12.6 Å². The number of rotatable bonds is 6. The van der Waals surface area contributed by atoms with Gasteiger partial charge < -0.3 is 10.1 Å². The smallest absolute Gasteiger partial charge is 0.176 e. The summed E-state index contributed by atoms with van der Waals surface area (Å²) in [6.07, 6.45) is 12.3. The van der Waals surface area contributed by atoms with Gasteiger partial charge in [0.1, 0.15) is 12.4 Å². The van der Waals surface area contributed by atoms with Crippen molar-refractivity contribution >= 4 is 0 Å². The van der Waals surface area contributed by atoms with E-state index in [9.17, 15) is 0 Å². The SMILES string of the molecule is COCc1nc2n(n1)C[C@H](N[C@@H](C1CCCCC1)C1CC1)CC2. The van der Waals surface area contributed by atoms with Crippen molar-refractivity contribution in [3.63, 3.8) is 0 Å². The molecule has 0 spiro atoms. The molecule has 1 aliphatic heterocycles. The van der Waals surface area contributed by atoms with Crippen LogP contribution in [0.15, 0.2) is 0 Å². The molecule has 23 heavy (non-hydrogen) atoms. The number of nitrogens with one attached hydrogen (secondary N) is 1. The molecule has 2 saturated carbocycles. The fourth-order valence-corrected chi connectivity index (χ4v) is 4.56. The van der Waals surface area contributed by atoms with E-state index in [2.05, 4.69) is 20.1 Å². The van der Waals surface area contributed by atoms with E-state index >= 15 is 0 Å². The highest BCUT2D eigenvalue weighted by Gasteiger charge is 2.38. The molecule has 2 fully saturated rings. The van der Waals surface area contributed by atoms with Gasteiger partial charge in [0.25, 0.3) is 0 Å². The van der Waals surface area contributed by atoms with Gasteiger partial charge in [-0.1, -0.05) is 19.3 Å². The summed E-state index contributed by atoms with van der Waals surface area (Å²) in [5, 5.41) is 8.66. The summed E-state index contributed by atoms with van der Waals surface area (Å²) in [4.78, 5) is 4.59. The summed E-state index contributed by atoms with van der Waals surface area (Å²) >= 11 is 0. The minimum absolute atomic E-state index is 0.519. The zero-order chi connectivity index (χ0) is 15.6. The van der Waals surface area contributed by atoms with Gasteiger partial charge in [-0.3, -0.25) is 0 Å². The number of fused-ring (bicyclic) bond motifs is 1. The fraction of sp³-hybridized carbons (Fsp3) is 0.889. The number of ether oxygens (including phenoxy) is 1. The largest absolute Gasteiger partial charge is 0.377 e. The van der Waals surface area contributed by atoms with Crippen LogP contribution in [0.2, 0.25) is 0 Å². The molecule has 5 heteroatoms. The number of hydrogen-bond donors (Lipinski definition) is 1. The molecule has 128 valence electrons. The summed E-state index contributed by atoms with van der Waals surface area (Å²) < 4.78 is 7.27. The molecular weight excluding hydrogens is 288 g/mol.